The summed E-state index contributed by atoms with van der Waals surface area (Å²) in [6.07, 6.45) is 5.65. The molecule has 0 radical (unpaired) electrons. The number of rotatable bonds is 3. The van der Waals surface area contributed by atoms with Crippen molar-refractivity contribution in [2.45, 2.75) is 43.3 Å². The molecule has 3 atom stereocenters. The Morgan fingerprint density at radius 1 is 1.31 bits per heavy atom. The third-order valence-corrected chi connectivity index (χ3v) is 7.43. The first-order valence-corrected chi connectivity index (χ1v) is 11.2. The molecule has 1 fully saturated rings. The Morgan fingerprint density at radius 2 is 2.22 bits per heavy atom. The predicted molar refractivity (Wildman–Crippen MR) is 118 cm³/mol. The van der Waals surface area contributed by atoms with E-state index in [1.807, 2.05) is 24.0 Å². The standard InChI is InChI=1S/C24H26N6O2/c1-3-24(16-6-4-5-15(11-16)19-7-9-26-30(19)2)17-13-25-29-21(17)27-18-12-23(8-10-32-14-23)28-22(31)20(18)24/h4-7,9,11,13,21,27H,3,8,10,12,14H2,1-2H3,(H,28,31)/t21?,23-,24+/m1/s1. The van der Waals surface area contributed by atoms with E-state index < -0.39 is 5.41 Å². The largest absolute Gasteiger partial charge is 0.379 e. The number of carbonyl (C=O) groups excluding carboxylic acids is 1. The number of amides is 1. The maximum absolute atomic E-state index is 13.7. The van der Waals surface area contributed by atoms with Gasteiger partial charge in [0, 0.05) is 43.1 Å². The number of hydrogen-bond donors (Lipinski definition) is 2. The number of hydrogen-bond acceptors (Lipinski definition) is 6. The first kappa shape index (κ1) is 19.4. The Balaban J connectivity index is 1.55. The lowest BCUT2D eigenvalue weighted by Crippen LogP contribution is -2.60. The lowest BCUT2D eigenvalue weighted by atomic mass is 9.61. The fourth-order valence-electron chi connectivity index (χ4n) is 5.88. The molecule has 1 saturated heterocycles. The predicted octanol–water partition coefficient (Wildman–Crippen LogP) is 2.95. The van der Waals surface area contributed by atoms with Gasteiger partial charge in [-0.1, -0.05) is 25.1 Å². The molecular formula is C24H26N6O2. The molecule has 0 bridgehead atoms. The average molecular weight is 431 g/mol. The summed E-state index contributed by atoms with van der Waals surface area (Å²) >= 11 is 0. The van der Waals surface area contributed by atoms with Crippen LogP contribution < -0.4 is 10.6 Å². The lowest BCUT2D eigenvalue weighted by molar-refractivity contribution is -0.121. The SMILES string of the molecule is CC[C@]1(c2cccc(-c3ccnn3C)c2)C2=CN=NC2NC2=C1C(=O)N[C@]1(CCOC1)C2. The minimum atomic E-state index is -0.603. The van der Waals surface area contributed by atoms with Crippen LogP contribution >= 0.6 is 0 Å². The summed E-state index contributed by atoms with van der Waals surface area (Å²) in [5, 5.41) is 19.9. The highest BCUT2D eigenvalue weighted by Crippen LogP contribution is 2.52. The van der Waals surface area contributed by atoms with Crippen LogP contribution in [0.2, 0.25) is 0 Å². The fraction of sp³-hybridized carbons (Fsp3) is 0.417. The van der Waals surface area contributed by atoms with E-state index in [-0.39, 0.29) is 17.6 Å². The number of nitrogens with one attached hydrogen (secondary N) is 2. The van der Waals surface area contributed by atoms with Crippen LogP contribution in [0.1, 0.15) is 31.7 Å². The summed E-state index contributed by atoms with van der Waals surface area (Å²) < 4.78 is 7.52. The summed E-state index contributed by atoms with van der Waals surface area (Å²) in [4.78, 5) is 13.7. The van der Waals surface area contributed by atoms with Gasteiger partial charge in [0.2, 0.25) is 0 Å². The van der Waals surface area contributed by atoms with Gasteiger partial charge in [-0.2, -0.15) is 15.3 Å². The van der Waals surface area contributed by atoms with E-state index in [1.54, 1.807) is 6.20 Å². The Hall–Kier alpha value is -3.26. The number of aryl methyl sites for hydroxylation is 1. The van der Waals surface area contributed by atoms with Gasteiger partial charge >= 0.3 is 0 Å². The zero-order valence-corrected chi connectivity index (χ0v) is 18.3. The molecule has 32 heavy (non-hydrogen) atoms. The van der Waals surface area contributed by atoms with Crippen LogP contribution in [0.15, 0.2) is 69.8 Å². The summed E-state index contributed by atoms with van der Waals surface area (Å²) in [6, 6.07) is 10.4. The van der Waals surface area contributed by atoms with Crippen molar-refractivity contribution in [3.63, 3.8) is 0 Å². The van der Waals surface area contributed by atoms with Gasteiger partial charge in [0.25, 0.3) is 5.91 Å². The third-order valence-electron chi connectivity index (χ3n) is 7.43. The second kappa shape index (κ2) is 6.87. The van der Waals surface area contributed by atoms with Gasteiger partial charge in [-0.15, -0.1) is 0 Å². The van der Waals surface area contributed by atoms with Crippen molar-refractivity contribution in [1.29, 1.82) is 0 Å². The number of ether oxygens (including phenoxy) is 1. The van der Waals surface area contributed by atoms with Crippen LogP contribution in [0.4, 0.5) is 0 Å². The average Bonchev–Trinajstić information content (AvgIpc) is 3.54. The lowest BCUT2D eigenvalue weighted by Gasteiger charge is -2.48. The van der Waals surface area contributed by atoms with E-state index in [0.717, 1.165) is 52.9 Å². The van der Waals surface area contributed by atoms with Crippen molar-refractivity contribution < 1.29 is 9.53 Å². The monoisotopic (exact) mass is 430 g/mol. The summed E-state index contributed by atoms with van der Waals surface area (Å²) in [6.45, 7) is 3.35. The van der Waals surface area contributed by atoms with Crippen molar-refractivity contribution in [2.24, 2.45) is 17.3 Å². The van der Waals surface area contributed by atoms with E-state index in [1.165, 1.54) is 0 Å². The van der Waals surface area contributed by atoms with E-state index in [9.17, 15) is 4.79 Å². The normalized spacial score (nSPS) is 30.8. The summed E-state index contributed by atoms with van der Waals surface area (Å²) in [7, 11) is 1.94. The second-order valence-electron chi connectivity index (χ2n) is 9.11. The fourth-order valence-corrected chi connectivity index (χ4v) is 5.88. The second-order valence-corrected chi connectivity index (χ2v) is 9.11. The van der Waals surface area contributed by atoms with Crippen molar-refractivity contribution in [2.75, 3.05) is 13.2 Å². The number of benzene rings is 1. The summed E-state index contributed by atoms with van der Waals surface area (Å²) in [5.41, 5.74) is 5.01. The molecule has 5 heterocycles. The first-order valence-electron chi connectivity index (χ1n) is 11.2. The molecule has 2 aromatic rings. The van der Waals surface area contributed by atoms with Crippen molar-refractivity contribution in [3.8, 4) is 11.3 Å². The van der Waals surface area contributed by atoms with Gasteiger partial charge in [-0.05, 0) is 30.5 Å². The minimum absolute atomic E-state index is 0.0247. The van der Waals surface area contributed by atoms with Crippen LogP contribution in [-0.2, 0) is 22.0 Å². The molecule has 4 aliphatic heterocycles. The van der Waals surface area contributed by atoms with Crippen molar-refractivity contribution in [3.05, 3.63) is 65.1 Å². The zero-order valence-electron chi connectivity index (χ0n) is 18.3. The molecule has 1 aromatic carbocycles. The third kappa shape index (κ3) is 2.59. The molecule has 8 nitrogen and oxygen atoms in total. The first-order chi connectivity index (χ1) is 15.6. The van der Waals surface area contributed by atoms with Gasteiger partial charge in [0.05, 0.1) is 35.0 Å². The quantitative estimate of drug-likeness (QED) is 0.783. The molecule has 1 amide bonds. The highest BCUT2D eigenvalue weighted by Gasteiger charge is 2.55. The maximum atomic E-state index is 13.7. The van der Waals surface area contributed by atoms with E-state index in [4.69, 9.17) is 4.74 Å². The van der Waals surface area contributed by atoms with Crippen LogP contribution in [-0.4, -0.2) is 40.6 Å². The summed E-state index contributed by atoms with van der Waals surface area (Å²) in [5.74, 6) is -0.0247. The van der Waals surface area contributed by atoms with Gasteiger partial charge in [0.15, 0.2) is 6.17 Å². The van der Waals surface area contributed by atoms with Gasteiger partial charge in [-0.25, -0.2) is 0 Å². The van der Waals surface area contributed by atoms with E-state index in [0.29, 0.717) is 13.2 Å². The molecule has 0 saturated carbocycles. The minimum Gasteiger partial charge on any atom is -0.379 e. The van der Waals surface area contributed by atoms with Crippen LogP contribution in [0.3, 0.4) is 0 Å². The topological polar surface area (TPSA) is 92.9 Å². The molecule has 164 valence electrons. The van der Waals surface area contributed by atoms with Crippen LogP contribution in [0.5, 0.6) is 0 Å². The highest BCUT2D eigenvalue weighted by atomic mass is 16.5. The van der Waals surface area contributed by atoms with Gasteiger partial charge in [-0.3, -0.25) is 9.48 Å². The number of aromatic nitrogens is 2. The van der Waals surface area contributed by atoms with Crippen LogP contribution in [0, 0.1) is 0 Å². The van der Waals surface area contributed by atoms with Crippen LogP contribution in [0.25, 0.3) is 11.3 Å². The Kier molecular flexibility index (Phi) is 4.17. The number of nitrogens with zero attached hydrogens (tertiary/aromatic N) is 4. The smallest absolute Gasteiger partial charge is 0.250 e. The Bertz CT molecular complexity index is 1200. The Labute approximate surface area is 186 Å². The molecule has 6 rings (SSSR count). The van der Waals surface area contributed by atoms with Crippen molar-refractivity contribution >= 4 is 5.91 Å². The van der Waals surface area contributed by atoms with Crippen molar-refractivity contribution in [1.82, 2.24) is 20.4 Å². The maximum Gasteiger partial charge on any atom is 0.250 e. The molecule has 4 aliphatic rings. The molecular weight excluding hydrogens is 404 g/mol. The molecule has 1 aromatic heterocycles. The zero-order chi connectivity index (χ0) is 21.9. The molecule has 1 unspecified atom stereocenters. The van der Waals surface area contributed by atoms with E-state index in [2.05, 4.69) is 57.1 Å². The Morgan fingerprint density at radius 3 is 2.97 bits per heavy atom. The molecule has 1 spiro atoms. The number of azo groups is 1. The number of carbonyl (C=O) groups is 1. The molecule has 0 aliphatic carbocycles. The van der Waals surface area contributed by atoms with E-state index >= 15 is 0 Å². The number of fused-ring (bicyclic) bond motifs is 1. The van der Waals surface area contributed by atoms with Gasteiger partial charge in [0.1, 0.15) is 0 Å². The molecule has 8 heteroatoms. The molecule has 2 N–H and O–H groups in total. The highest BCUT2D eigenvalue weighted by molar-refractivity contribution is 6.00. The van der Waals surface area contributed by atoms with Gasteiger partial charge < -0.3 is 15.4 Å².